The van der Waals surface area contributed by atoms with Crippen LogP contribution in [0.3, 0.4) is 0 Å². The van der Waals surface area contributed by atoms with Crippen LogP contribution in [-0.4, -0.2) is 21.4 Å². The molecule has 1 rings (SSSR count). The maximum atomic E-state index is 8.84. The van der Waals surface area contributed by atoms with Crippen LogP contribution in [0.1, 0.15) is 5.69 Å². The van der Waals surface area contributed by atoms with Crippen LogP contribution < -0.4 is 0 Å². The number of rotatable bonds is 3. The summed E-state index contributed by atoms with van der Waals surface area (Å²) in [6.45, 7) is 0.626. The maximum Gasteiger partial charge on any atom is 0.0833 e. The van der Waals surface area contributed by atoms with E-state index in [9.17, 15) is 0 Å². The van der Waals surface area contributed by atoms with Gasteiger partial charge in [0, 0.05) is 22.9 Å². The third-order valence-corrected chi connectivity index (χ3v) is 1.89. The zero-order chi connectivity index (χ0) is 8.27. The van der Waals surface area contributed by atoms with E-state index in [1.54, 1.807) is 0 Å². The minimum Gasteiger partial charge on any atom is -0.395 e. The van der Waals surface area contributed by atoms with Crippen LogP contribution in [-0.2, 0) is 13.2 Å². The fourth-order valence-corrected chi connectivity index (χ4v) is 1.47. The molecular weight excluding hydrogens is 210 g/mol. The lowest BCUT2D eigenvalue weighted by Gasteiger charge is -2.02. The van der Waals surface area contributed by atoms with Gasteiger partial charge in [0.25, 0.3) is 0 Å². The monoisotopic (exact) mass is 219 g/mol. The molecule has 0 unspecified atom stereocenters. The number of halogens is 1. The largest absolute Gasteiger partial charge is 0.395 e. The highest BCUT2D eigenvalue weighted by atomic mass is 79.9. The van der Waals surface area contributed by atoms with E-state index in [0.717, 1.165) is 10.2 Å². The summed E-state index contributed by atoms with van der Waals surface area (Å²) in [4.78, 5) is 0. The molecule has 0 aliphatic carbocycles. The molecule has 0 aliphatic heterocycles. The first-order chi connectivity index (χ1) is 5.27. The van der Waals surface area contributed by atoms with Gasteiger partial charge in [-0.15, -0.1) is 0 Å². The predicted molar refractivity (Wildman–Crippen MR) is 45.1 cm³/mol. The lowest BCUT2D eigenvalue weighted by Crippen LogP contribution is -2.04. The summed E-state index contributed by atoms with van der Waals surface area (Å²) >= 11 is 3.28. The van der Waals surface area contributed by atoms with Gasteiger partial charge in [-0.1, -0.05) is 0 Å². The third kappa shape index (κ3) is 2.05. The first kappa shape index (κ1) is 8.77. The van der Waals surface area contributed by atoms with Crippen LogP contribution in [0.15, 0.2) is 16.7 Å². The molecule has 1 aromatic rings. The Bertz CT molecular complexity index is 234. The minimum absolute atomic E-state index is 0.00556. The van der Waals surface area contributed by atoms with Gasteiger partial charge < -0.3 is 14.8 Å². The first-order valence-electron chi connectivity index (χ1n) is 3.34. The van der Waals surface area contributed by atoms with Crippen LogP contribution in [0, 0.1) is 0 Å². The van der Waals surface area contributed by atoms with Crippen molar-refractivity contribution in [3.8, 4) is 0 Å². The average Bonchev–Trinajstić information content (AvgIpc) is 2.32. The van der Waals surface area contributed by atoms with E-state index in [2.05, 4.69) is 15.9 Å². The van der Waals surface area contributed by atoms with E-state index in [0.29, 0.717) is 6.54 Å². The van der Waals surface area contributed by atoms with E-state index >= 15 is 0 Å². The molecule has 0 aliphatic rings. The number of hydrogen-bond acceptors (Lipinski definition) is 2. The molecule has 0 radical (unpaired) electrons. The highest BCUT2D eigenvalue weighted by Crippen LogP contribution is 2.14. The lowest BCUT2D eigenvalue weighted by atomic mass is 10.4. The number of aliphatic hydroxyl groups excluding tert-OH is 2. The normalized spacial score (nSPS) is 10.5. The first-order valence-corrected chi connectivity index (χ1v) is 4.13. The van der Waals surface area contributed by atoms with Crippen molar-refractivity contribution in [1.29, 1.82) is 0 Å². The number of hydrogen-bond donors (Lipinski definition) is 2. The van der Waals surface area contributed by atoms with Crippen molar-refractivity contribution in [3.05, 3.63) is 22.4 Å². The summed E-state index contributed by atoms with van der Waals surface area (Å²) in [5.41, 5.74) is 0.811. The summed E-state index contributed by atoms with van der Waals surface area (Å²) in [6, 6.07) is 1.83. The Morgan fingerprint density at radius 3 is 2.73 bits per heavy atom. The number of nitrogens with zero attached hydrogens (tertiary/aromatic N) is 1. The van der Waals surface area contributed by atoms with E-state index in [-0.39, 0.29) is 13.2 Å². The molecule has 2 N–H and O–H groups in total. The fraction of sp³-hybridized carbons (Fsp3) is 0.429. The summed E-state index contributed by atoms with van der Waals surface area (Å²) in [7, 11) is 0. The van der Waals surface area contributed by atoms with Crippen molar-refractivity contribution in [2.24, 2.45) is 0 Å². The van der Waals surface area contributed by atoms with Crippen molar-refractivity contribution >= 4 is 15.9 Å². The van der Waals surface area contributed by atoms with E-state index < -0.39 is 0 Å². The standard InChI is InChI=1S/C7H10BrNO2/c8-6-3-7(5-11)9(4-6)1-2-10/h3-4,10-11H,1-2,5H2. The second-order valence-corrected chi connectivity index (χ2v) is 3.14. The number of aromatic nitrogens is 1. The Kier molecular flexibility index (Phi) is 3.11. The Labute approximate surface area is 73.4 Å². The molecule has 0 fully saturated rings. The van der Waals surface area contributed by atoms with Gasteiger partial charge in [0.05, 0.1) is 13.2 Å². The highest BCUT2D eigenvalue weighted by Gasteiger charge is 2.01. The van der Waals surface area contributed by atoms with Crippen molar-refractivity contribution in [2.75, 3.05) is 6.61 Å². The van der Waals surface area contributed by atoms with Gasteiger partial charge in [-0.25, -0.2) is 0 Å². The molecule has 0 bridgehead atoms. The van der Waals surface area contributed by atoms with Gasteiger partial charge >= 0.3 is 0 Å². The van der Waals surface area contributed by atoms with Crippen LogP contribution in [0.4, 0.5) is 0 Å². The van der Waals surface area contributed by atoms with E-state index in [1.165, 1.54) is 0 Å². The maximum absolute atomic E-state index is 8.84. The average molecular weight is 220 g/mol. The highest BCUT2D eigenvalue weighted by molar-refractivity contribution is 9.10. The molecule has 0 amide bonds. The Balaban J connectivity index is 2.83. The van der Waals surface area contributed by atoms with E-state index in [4.69, 9.17) is 10.2 Å². The molecule has 1 heterocycles. The quantitative estimate of drug-likeness (QED) is 0.788. The molecule has 3 nitrogen and oxygen atoms in total. The predicted octanol–water partition coefficient (Wildman–Crippen LogP) is 0.735. The van der Waals surface area contributed by atoms with Crippen molar-refractivity contribution in [1.82, 2.24) is 4.57 Å². The molecule has 0 aromatic carbocycles. The van der Waals surface area contributed by atoms with Crippen LogP contribution >= 0.6 is 15.9 Å². The molecule has 1 aromatic heterocycles. The minimum atomic E-state index is 0.00556. The molecule has 11 heavy (non-hydrogen) atoms. The third-order valence-electron chi connectivity index (χ3n) is 1.46. The fourth-order valence-electron chi connectivity index (χ4n) is 0.963. The zero-order valence-corrected chi connectivity index (χ0v) is 7.58. The van der Waals surface area contributed by atoms with Gasteiger partial charge in [0.1, 0.15) is 0 Å². The van der Waals surface area contributed by atoms with E-state index in [1.807, 2.05) is 16.8 Å². The molecule has 0 atom stereocenters. The van der Waals surface area contributed by atoms with Crippen molar-refractivity contribution < 1.29 is 10.2 Å². The van der Waals surface area contributed by atoms with Gasteiger partial charge in [-0.3, -0.25) is 0 Å². The Hall–Kier alpha value is -0.320. The second-order valence-electron chi connectivity index (χ2n) is 2.22. The Morgan fingerprint density at radius 1 is 1.45 bits per heavy atom. The summed E-state index contributed by atoms with van der Waals surface area (Å²) in [5, 5.41) is 17.5. The molecule has 0 saturated carbocycles. The Morgan fingerprint density at radius 2 is 2.18 bits per heavy atom. The van der Waals surface area contributed by atoms with Crippen LogP contribution in [0.5, 0.6) is 0 Å². The summed E-state index contributed by atoms with van der Waals surface area (Å²) in [6.07, 6.45) is 1.84. The zero-order valence-electron chi connectivity index (χ0n) is 6.00. The topological polar surface area (TPSA) is 45.4 Å². The molecule has 4 heteroatoms. The van der Waals surface area contributed by atoms with Gasteiger partial charge in [-0.05, 0) is 22.0 Å². The van der Waals surface area contributed by atoms with Gasteiger partial charge in [-0.2, -0.15) is 0 Å². The van der Waals surface area contributed by atoms with Crippen LogP contribution in [0.2, 0.25) is 0 Å². The second kappa shape index (κ2) is 3.90. The van der Waals surface area contributed by atoms with Crippen LogP contribution in [0.25, 0.3) is 0 Å². The van der Waals surface area contributed by atoms with Gasteiger partial charge in [0.15, 0.2) is 0 Å². The summed E-state index contributed by atoms with van der Waals surface area (Å²) in [5.74, 6) is 0. The van der Waals surface area contributed by atoms with Crippen molar-refractivity contribution in [2.45, 2.75) is 13.2 Å². The lowest BCUT2D eigenvalue weighted by molar-refractivity contribution is 0.251. The smallest absolute Gasteiger partial charge is 0.0833 e. The molecule has 62 valence electrons. The molecule has 0 saturated heterocycles. The number of aliphatic hydroxyl groups is 2. The summed E-state index contributed by atoms with van der Waals surface area (Å²) < 4.78 is 2.74. The molecule has 0 spiro atoms. The molecular formula is C7H10BrNO2. The SMILES string of the molecule is OCCn1cc(Br)cc1CO. The van der Waals surface area contributed by atoms with Gasteiger partial charge in [0.2, 0.25) is 0 Å². The van der Waals surface area contributed by atoms with Crippen molar-refractivity contribution in [3.63, 3.8) is 0 Å².